The van der Waals surface area contributed by atoms with Crippen LogP contribution in [0.25, 0.3) is 0 Å². The number of guanidine groups is 1. The number of methoxy groups -OCH3 is 1. The van der Waals surface area contributed by atoms with Gasteiger partial charge < -0.3 is 20.1 Å². The number of benzene rings is 1. The predicted molar refractivity (Wildman–Crippen MR) is 108 cm³/mol. The van der Waals surface area contributed by atoms with E-state index in [1.54, 1.807) is 20.2 Å². The minimum atomic E-state index is 0.239. The number of ether oxygens (including phenoxy) is 2. The molecule has 2 aromatic rings. The molecule has 1 aromatic heterocycles. The largest absolute Gasteiger partial charge is 0.489 e. The highest BCUT2D eigenvalue weighted by Crippen LogP contribution is 2.18. The van der Waals surface area contributed by atoms with Crippen molar-refractivity contribution >= 4 is 5.96 Å². The Balaban J connectivity index is 1.56. The minimum Gasteiger partial charge on any atom is -0.489 e. The Morgan fingerprint density at radius 2 is 2.29 bits per heavy atom. The predicted octanol–water partition coefficient (Wildman–Crippen LogP) is 1.67. The number of fused-ring (bicyclic) bond motifs is 1. The molecule has 2 heterocycles. The fourth-order valence-electron chi connectivity index (χ4n) is 3.18. The molecule has 1 unspecified atom stereocenters. The first kappa shape index (κ1) is 19.9. The quantitative estimate of drug-likeness (QED) is 0.409. The molecular formula is C20H28N6O2. The summed E-state index contributed by atoms with van der Waals surface area (Å²) in [7, 11) is 3.43. The lowest BCUT2D eigenvalue weighted by Crippen LogP contribution is -2.46. The van der Waals surface area contributed by atoms with Crippen LogP contribution < -0.4 is 15.4 Å². The van der Waals surface area contributed by atoms with Crippen LogP contribution in [0.1, 0.15) is 23.6 Å². The summed E-state index contributed by atoms with van der Waals surface area (Å²) in [6.07, 6.45) is 3.60. The van der Waals surface area contributed by atoms with Gasteiger partial charge in [-0.3, -0.25) is 4.99 Å². The summed E-state index contributed by atoms with van der Waals surface area (Å²) in [6, 6.07) is 8.20. The first-order valence-electron chi connectivity index (χ1n) is 9.43. The van der Waals surface area contributed by atoms with Gasteiger partial charge in [0.05, 0.1) is 6.54 Å². The van der Waals surface area contributed by atoms with E-state index in [0.717, 1.165) is 48.3 Å². The maximum absolute atomic E-state index is 5.72. The second-order valence-electron chi connectivity index (χ2n) is 6.57. The number of hydrogen-bond acceptors (Lipinski definition) is 5. The van der Waals surface area contributed by atoms with Gasteiger partial charge in [-0.05, 0) is 12.5 Å². The summed E-state index contributed by atoms with van der Waals surface area (Å²) in [5, 5.41) is 11.4. The number of aromatic nitrogens is 3. The van der Waals surface area contributed by atoms with Crippen molar-refractivity contribution in [2.75, 3.05) is 20.8 Å². The molecule has 0 bridgehead atoms. The van der Waals surface area contributed by atoms with Crippen molar-refractivity contribution in [3.63, 3.8) is 0 Å². The van der Waals surface area contributed by atoms with E-state index in [2.05, 4.69) is 32.3 Å². The number of rotatable bonds is 8. The fraction of sp³-hybridized carbons (Fsp3) is 0.450. The van der Waals surface area contributed by atoms with Gasteiger partial charge in [-0.25, -0.2) is 9.67 Å². The fourth-order valence-corrected chi connectivity index (χ4v) is 3.18. The van der Waals surface area contributed by atoms with E-state index >= 15 is 0 Å². The van der Waals surface area contributed by atoms with Crippen LogP contribution in [0, 0.1) is 0 Å². The van der Waals surface area contributed by atoms with Crippen molar-refractivity contribution in [3.05, 3.63) is 54.1 Å². The molecule has 0 saturated heterocycles. The topological polar surface area (TPSA) is 85.6 Å². The van der Waals surface area contributed by atoms with Crippen molar-refractivity contribution < 1.29 is 9.47 Å². The molecule has 0 saturated carbocycles. The summed E-state index contributed by atoms with van der Waals surface area (Å²) in [5.74, 6) is 3.35. The van der Waals surface area contributed by atoms with Crippen molar-refractivity contribution in [2.24, 2.45) is 4.99 Å². The zero-order valence-corrected chi connectivity index (χ0v) is 16.5. The van der Waals surface area contributed by atoms with Crippen LogP contribution in [0.5, 0.6) is 5.75 Å². The van der Waals surface area contributed by atoms with Gasteiger partial charge in [0.2, 0.25) is 0 Å². The molecule has 1 aliphatic rings. The van der Waals surface area contributed by atoms with Gasteiger partial charge in [-0.15, -0.1) is 0 Å². The summed E-state index contributed by atoms with van der Waals surface area (Å²) in [5.41, 5.74) is 1.07. The second kappa shape index (κ2) is 9.89. The Bertz CT molecular complexity index is 817. The molecule has 0 spiro atoms. The molecule has 1 aromatic carbocycles. The summed E-state index contributed by atoms with van der Waals surface area (Å²) in [6.45, 7) is 5.99. The summed E-state index contributed by atoms with van der Waals surface area (Å²) >= 11 is 0. The van der Waals surface area contributed by atoms with Crippen molar-refractivity contribution in [1.82, 2.24) is 25.4 Å². The second-order valence-corrected chi connectivity index (χ2v) is 6.57. The van der Waals surface area contributed by atoms with E-state index in [9.17, 15) is 0 Å². The van der Waals surface area contributed by atoms with Crippen LogP contribution in [0.3, 0.4) is 0 Å². The van der Waals surface area contributed by atoms with Crippen LogP contribution >= 0.6 is 0 Å². The van der Waals surface area contributed by atoms with E-state index in [0.29, 0.717) is 19.8 Å². The third-order valence-corrected chi connectivity index (χ3v) is 4.52. The average Bonchev–Trinajstić information content (AvgIpc) is 3.12. The van der Waals surface area contributed by atoms with Crippen LogP contribution in [0.15, 0.2) is 41.9 Å². The number of para-hydroxylation sites is 1. The Kier molecular flexibility index (Phi) is 7.02. The highest BCUT2D eigenvalue weighted by molar-refractivity contribution is 5.80. The number of nitrogens with zero attached hydrogens (tertiary/aromatic N) is 4. The zero-order valence-electron chi connectivity index (χ0n) is 16.5. The smallest absolute Gasteiger partial charge is 0.191 e. The molecule has 1 aliphatic heterocycles. The van der Waals surface area contributed by atoms with Crippen LogP contribution in [-0.4, -0.2) is 47.5 Å². The monoisotopic (exact) mass is 384 g/mol. The lowest BCUT2D eigenvalue weighted by molar-refractivity contribution is 0.177. The highest BCUT2D eigenvalue weighted by atomic mass is 16.5. The van der Waals surface area contributed by atoms with E-state index < -0.39 is 0 Å². The maximum atomic E-state index is 5.72. The van der Waals surface area contributed by atoms with Gasteiger partial charge in [0.1, 0.15) is 24.8 Å². The van der Waals surface area contributed by atoms with Gasteiger partial charge in [0.15, 0.2) is 11.8 Å². The van der Waals surface area contributed by atoms with E-state index in [1.165, 1.54) is 0 Å². The van der Waals surface area contributed by atoms with Gasteiger partial charge in [-0.1, -0.05) is 30.9 Å². The summed E-state index contributed by atoms with van der Waals surface area (Å²) in [4.78, 5) is 8.87. The first-order valence-corrected chi connectivity index (χ1v) is 9.43. The highest BCUT2D eigenvalue weighted by Gasteiger charge is 2.22. The lowest BCUT2D eigenvalue weighted by atomic mass is 10.1. The molecule has 150 valence electrons. The van der Waals surface area contributed by atoms with E-state index in [1.807, 2.05) is 28.9 Å². The third-order valence-electron chi connectivity index (χ3n) is 4.52. The normalized spacial score (nSPS) is 16.4. The van der Waals surface area contributed by atoms with Gasteiger partial charge >= 0.3 is 0 Å². The molecule has 8 heteroatoms. The first-order chi connectivity index (χ1) is 13.7. The lowest BCUT2D eigenvalue weighted by Gasteiger charge is -2.25. The van der Waals surface area contributed by atoms with E-state index in [-0.39, 0.29) is 6.04 Å². The molecule has 0 fully saturated rings. The number of nitrogens with one attached hydrogen (secondary N) is 2. The van der Waals surface area contributed by atoms with Gasteiger partial charge in [-0.2, -0.15) is 5.10 Å². The standard InChI is InChI=1S/C20H28N6O2/c1-4-11-28-17-8-6-5-7-15(17)12-22-20(21-2)23-16-9-10-19-24-18(14-27-3)25-26(19)13-16/h4-8,16H,1,9-14H2,2-3H3,(H2,21,22,23). The number of hydrogen-bond donors (Lipinski definition) is 2. The van der Waals surface area contributed by atoms with Crippen LogP contribution in [0.2, 0.25) is 0 Å². The number of aryl methyl sites for hydroxylation is 1. The molecular weight excluding hydrogens is 356 g/mol. The Hall–Kier alpha value is -2.87. The van der Waals surface area contributed by atoms with Crippen molar-refractivity contribution in [3.8, 4) is 5.75 Å². The molecule has 0 aliphatic carbocycles. The van der Waals surface area contributed by atoms with Crippen molar-refractivity contribution in [2.45, 2.75) is 38.6 Å². The zero-order chi connectivity index (χ0) is 19.8. The van der Waals surface area contributed by atoms with Crippen molar-refractivity contribution in [1.29, 1.82) is 0 Å². The summed E-state index contributed by atoms with van der Waals surface area (Å²) < 4.78 is 12.8. The molecule has 28 heavy (non-hydrogen) atoms. The average molecular weight is 384 g/mol. The van der Waals surface area contributed by atoms with Gasteiger partial charge in [0.25, 0.3) is 0 Å². The third kappa shape index (κ3) is 5.10. The van der Waals surface area contributed by atoms with Crippen LogP contribution in [0.4, 0.5) is 0 Å². The molecule has 0 amide bonds. The Labute approximate surface area is 165 Å². The number of aliphatic imine (C=N–C) groups is 1. The van der Waals surface area contributed by atoms with E-state index in [4.69, 9.17) is 9.47 Å². The maximum Gasteiger partial charge on any atom is 0.191 e. The molecule has 3 rings (SSSR count). The molecule has 0 radical (unpaired) electrons. The molecule has 8 nitrogen and oxygen atoms in total. The Morgan fingerprint density at radius 3 is 3.07 bits per heavy atom. The van der Waals surface area contributed by atoms with Gasteiger partial charge in [0, 0.05) is 38.7 Å². The molecule has 2 N–H and O–H groups in total. The molecule has 1 atom stereocenters. The SMILES string of the molecule is C=CCOc1ccccc1CNC(=NC)NC1CCc2nc(COC)nn2C1. The van der Waals surface area contributed by atoms with Crippen LogP contribution in [-0.2, 0) is 30.9 Å². The Morgan fingerprint density at radius 1 is 1.43 bits per heavy atom. The minimum absolute atomic E-state index is 0.239.